The molecule has 4 N–H and O–H groups in total. The fourth-order valence-electron chi connectivity index (χ4n) is 4.27. The summed E-state index contributed by atoms with van der Waals surface area (Å²) in [4.78, 5) is 71.8. The van der Waals surface area contributed by atoms with E-state index in [1.54, 1.807) is 30.5 Å². The smallest absolute Gasteiger partial charge is 0.331 e. The number of para-hydroxylation sites is 2. The van der Waals surface area contributed by atoms with Gasteiger partial charge in [-0.05, 0) is 43.3 Å². The van der Waals surface area contributed by atoms with Crippen molar-refractivity contribution < 1.29 is 24.2 Å². The van der Waals surface area contributed by atoms with E-state index in [0.29, 0.717) is 16.1 Å². The van der Waals surface area contributed by atoms with Crippen LogP contribution in [0, 0.1) is 0 Å². The lowest BCUT2D eigenvalue weighted by Gasteiger charge is -2.20. The van der Waals surface area contributed by atoms with Gasteiger partial charge in [0.1, 0.15) is 23.6 Å². The Labute approximate surface area is 231 Å². The van der Waals surface area contributed by atoms with Gasteiger partial charge in [-0.25, -0.2) is 14.3 Å². The summed E-state index contributed by atoms with van der Waals surface area (Å²) in [5, 5.41) is 17.8. The molecule has 14 heteroatoms. The fourth-order valence-corrected chi connectivity index (χ4v) is 4.27. The zero-order chi connectivity index (χ0) is 29.3. The van der Waals surface area contributed by atoms with Crippen molar-refractivity contribution in [1.29, 1.82) is 0 Å². The molecule has 3 atom stereocenters. The number of carbonyl (C=O) groups excluding carboxylic acids is 3. The first-order chi connectivity index (χ1) is 19.6. The number of rotatable bonds is 7. The maximum Gasteiger partial charge on any atom is 0.331 e. The van der Waals surface area contributed by atoms with E-state index in [2.05, 4.69) is 30.7 Å². The summed E-state index contributed by atoms with van der Waals surface area (Å²) in [6.07, 6.45) is 0.960. The predicted molar refractivity (Wildman–Crippen MR) is 147 cm³/mol. The summed E-state index contributed by atoms with van der Waals surface area (Å²) in [5.74, 6) is -1.59. The number of fused-ring (bicyclic) bond motifs is 1. The van der Waals surface area contributed by atoms with Crippen molar-refractivity contribution in [3.8, 4) is 0 Å². The number of aliphatic hydroxyl groups is 1. The summed E-state index contributed by atoms with van der Waals surface area (Å²) in [7, 11) is 1.36. The lowest BCUT2D eigenvalue weighted by atomic mass is 10.2. The molecule has 1 aliphatic rings. The highest BCUT2D eigenvalue weighted by molar-refractivity contribution is 6.04. The van der Waals surface area contributed by atoms with Gasteiger partial charge < -0.3 is 30.4 Å². The van der Waals surface area contributed by atoms with Crippen molar-refractivity contribution >= 4 is 46.0 Å². The number of esters is 1. The number of aromatic nitrogens is 4. The molecule has 0 saturated carbocycles. The van der Waals surface area contributed by atoms with Crippen LogP contribution < -0.4 is 27.2 Å². The van der Waals surface area contributed by atoms with Crippen molar-refractivity contribution in [2.45, 2.75) is 31.7 Å². The van der Waals surface area contributed by atoms with Crippen LogP contribution in [0.15, 0.2) is 70.5 Å². The van der Waals surface area contributed by atoms with Gasteiger partial charge in [-0.1, -0.05) is 12.1 Å². The summed E-state index contributed by atoms with van der Waals surface area (Å²) in [6, 6.07) is 11.5. The van der Waals surface area contributed by atoms with E-state index in [4.69, 9.17) is 0 Å². The summed E-state index contributed by atoms with van der Waals surface area (Å²) >= 11 is 0. The molecule has 1 saturated heterocycles. The van der Waals surface area contributed by atoms with Crippen molar-refractivity contribution in [2.75, 3.05) is 10.6 Å². The van der Waals surface area contributed by atoms with Crippen molar-refractivity contribution in [1.82, 2.24) is 24.4 Å². The van der Waals surface area contributed by atoms with E-state index >= 15 is 0 Å². The molecule has 0 bridgehead atoms. The zero-order valence-electron chi connectivity index (χ0n) is 21.9. The van der Waals surface area contributed by atoms with Gasteiger partial charge in [-0.2, -0.15) is 0 Å². The van der Waals surface area contributed by atoms with Gasteiger partial charge in [0.15, 0.2) is 0 Å². The minimum absolute atomic E-state index is 0.227. The third-order valence-electron chi connectivity index (χ3n) is 6.47. The Balaban J connectivity index is 1.30. The molecule has 2 aromatic carbocycles. The fraction of sp³-hybridized carbons (Fsp3) is 0.222. The Hall–Kier alpha value is -5.37. The van der Waals surface area contributed by atoms with Crippen LogP contribution in [-0.4, -0.2) is 54.3 Å². The molecule has 4 aromatic rings. The molecule has 1 fully saturated rings. The number of nitrogens with zero attached hydrogens (tertiary/aromatic N) is 4. The van der Waals surface area contributed by atoms with Crippen molar-refractivity contribution in [2.24, 2.45) is 7.05 Å². The maximum atomic E-state index is 13.2. The van der Waals surface area contributed by atoms with Gasteiger partial charge in [0.25, 0.3) is 11.5 Å². The van der Waals surface area contributed by atoms with Gasteiger partial charge in [-0.15, -0.1) is 0 Å². The Kier molecular flexibility index (Phi) is 7.31. The Morgan fingerprint density at radius 3 is 2.46 bits per heavy atom. The van der Waals surface area contributed by atoms with E-state index in [9.17, 15) is 29.1 Å². The number of benzene rings is 2. The van der Waals surface area contributed by atoms with Crippen LogP contribution in [0.2, 0.25) is 0 Å². The average Bonchev–Trinajstić information content (AvgIpc) is 3.27. The van der Waals surface area contributed by atoms with E-state index in [-0.39, 0.29) is 17.7 Å². The molecule has 41 heavy (non-hydrogen) atoms. The lowest BCUT2D eigenvalue weighted by Crippen LogP contribution is -2.49. The van der Waals surface area contributed by atoms with Crippen LogP contribution in [0.1, 0.15) is 29.7 Å². The number of nitrogens with one attached hydrogen (secondary N) is 3. The SMILES string of the molecule is CC(C(=O)N[C@H]1CC(=O)OC1O)n1c(=O)c(NC(=O)c2ccc(Nc3cnc4ccccc4n3)cc2)cn(C)c1=O. The monoisotopic (exact) mass is 559 g/mol. The quantitative estimate of drug-likeness (QED) is 0.236. The summed E-state index contributed by atoms with van der Waals surface area (Å²) in [6.45, 7) is 1.30. The van der Waals surface area contributed by atoms with E-state index in [1.165, 1.54) is 14.0 Å². The molecular formula is C27H25N7O7. The van der Waals surface area contributed by atoms with Crippen LogP contribution in [0.4, 0.5) is 17.2 Å². The van der Waals surface area contributed by atoms with Gasteiger partial charge in [0.05, 0.1) is 23.7 Å². The maximum absolute atomic E-state index is 13.2. The minimum atomic E-state index is -1.54. The Morgan fingerprint density at radius 2 is 1.78 bits per heavy atom. The normalized spacial score (nSPS) is 17.1. The molecule has 14 nitrogen and oxygen atoms in total. The van der Waals surface area contributed by atoms with Gasteiger partial charge in [0, 0.05) is 24.5 Å². The molecular weight excluding hydrogens is 534 g/mol. The molecule has 2 aromatic heterocycles. The standard InChI is InChI=1S/C27H25N7O7/c1-14(23(36)31-19-11-22(35)41-26(19)39)34-25(38)20(13-33(2)27(34)40)32-24(37)15-7-9-16(10-8-15)29-21-12-28-17-5-3-4-6-18(17)30-21/h3-10,12-14,19,26,39H,11H2,1-2H3,(H,29,30)(H,31,36)(H,32,37)/t14?,19-,26?/m0/s1. The van der Waals surface area contributed by atoms with Gasteiger partial charge in [-0.3, -0.25) is 24.2 Å². The van der Waals surface area contributed by atoms with E-state index in [1.807, 2.05) is 24.3 Å². The Morgan fingerprint density at radius 1 is 1.07 bits per heavy atom. The lowest BCUT2D eigenvalue weighted by molar-refractivity contribution is -0.155. The highest BCUT2D eigenvalue weighted by atomic mass is 16.6. The number of hydrogen-bond donors (Lipinski definition) is 4. The van der Waals surface area contributed by atoms with Crippen LogP contribution >= 0.6 is 0 Å². The number of aliphatic hydroxyl groups excluding tert-OH is 1. The second-order valence-electron chi connectivity index (χ2n) is 9.39. The van der Waals surface area contributed by atoms with E-state index in [0.717, 1.165) is 21.8 Å². The molecule has 1 aliphatic heterocycles. The number of aryl methyl sites for hydroxylation is 1. The first-order valence-electron chi connectivity index (χ1n) is 12.5. The molecule has 0 radical (unpaired) electrons. The first kappa shape index (κ1) is 27.2. The number of anilines is 3. The molecule has 3 heterocycles. The Bertz CT molecular complexity index is 1780. The number of cyclic esters (lactones) is 1. The number of amides is 2. The van der Waals surface area contributed by atoms with E-state index < -0.39 is 47.4 Å². The average molecular weight is 560 g/mol. The molecule has 2 amide bonds. The second-order valence-corrected chi connectivity index (χ2v) is 9.39. The molecule has 210 valence electrons. The highest BCUT2D eigenvalue weighted by Gasteiger charge is 2.36. The van der Waals surface area contributed by atoms with Crippen molar-refractivity contribution in [3.05, 3.63) is 87.3 Å². The van der Waals surface area contributed by atoms with Crippen molar-refractivity contribution in [3.63, 3.8) is 0 Å². The third kappa shape index (κ3) is 5.67. The van der Waals surface area contributed by atoms with Gasteiger partial charge in [0.2, 0.25) is 12.2 Å². The predicted octanol–water partition coefficient (Wildman–Crippen LogP) is 0.797. The second kappa shape index (κ2) is 11.0. The summed E-state index contributed by atoms with van der Waals surface area (Å²) < 4.78 is 6.32. The topological polar surface area (TPSA) is 187 Å². The van der Waals surface area contributed by atoms with Crippen LogP contribution in [-0.2, 0) is 21.4 Å². The molecule has 0 spiro atoms. The number of hydrogen-bond acceptors (Lipinski definition) is 10. The molecule has 2 unspecified atom stereocenters. The first-order valence-corrected chi connectivity index (χ1v) is 12.5. The van der Waals surface area contributed by atoms with Crippen LogP contribution in [0.3, 0.4) is 0 Å². The summed E-state index contributed by atoms with van der Waals surface area (Å²) in [5.41, 5.74) is 0.420. The highest BCUT2D eigenvalue weighted by Crippen LogP contribution is 2.18. The number of carbonyl (C=O) groups is 3. The molecule has 5 rings (SSSR count). The largest absolute Gasteiger partial charge is 0.434 e. The third-order valence-corrected chi connectivity index (χ3v) is 6.47. The zero-order valence-corrected chi connectivity index (χ0v) is 21.9. The number of ether oxygens (including phenoxy) is 1. The molecule has 0 aliphatic carbocycles. The van der Waals surface area contributed by atoms with Crippen LogP contribution in [0.5, 0.6) is 0 Å². The minimum Gasteiger partial charge on any atom is -0.434 e. The van der Waals surface area contributed by atoms with Gasteiger partial charge >= 0.3 is 11.7 Å². The van der Waals surface area contributed by atoms with Crippen LogP contribution in [0.25, 0.3) is 11.0 Å².